The Kier molecular flexibility index (Phi) is 3.59. The summed E-state index contributed by atoms with van der Waals surface area (Å²) in [7, 11) is 0. The van der Waals surface area contributed by atoms with Gasteiger partial charge in [-0.2, -0.15) is 0 Å². The highest BCUT2D eigenvalue weighted by atomic mass is 35.5. The molecule has 0 aliphatic carbocycles. The Balaban J connectivity index is 2.16. The normalized spacial score (nSPS) is 18.1. The van der Waals surface area contributed by atoms with E-state index in [0.29, 0.717) is 16.2 Å². The van der Waals surface area contributed by atoms with E-state index in [2.05, 4.69) is 5.32 Å². The molecule has 0 spiro atoms. The molecule has 1 aliphatic rings. The minimum atomic E-state index is -0.584. The van der Waals surface area contributed by atoms with E-state index in [4.69, 9.17) is 11.6 Å². The molecule has 3 nitrogen and oxygen atoms in total. The summed E-state index contributed by atoms with van der Waals surface area (Å²) in [6.45, 7) is 0. The number of amides is 2. The molecule has 1 aliphatic heterocycles. The third kappa shape index (κ3) is 2.60. The molecule has 0 bridgehead atoms. The van der Waals surface area contributed by atoms with Crippen LogP contribution in [-0.2, 0) is 9.59 Å². The van der Waals surface area contributed by atoms with Crippen molar-refractivity contribution in [1.29, 1.82) is 0 Å². The summed E-state index contributed by atoms with van der Waals surface area (Å²) < 4.78 is 0. The number of halogens is 1. The Hall–Kier alpha value is -2.39. The quantitative estimate of drug-likeness (QED) is 0.866. The largest absolute Gasteiger partial charge is 0.292 e. The second-order valence-electron chi connectivity index (χ2n) is 4.77. The number of hydrogen-bond donors (Lipinski definition) is 1. The summed E-state index contributed by atoms with van der Waals surface area (Å²) in [5, 5.41) is 2.85. The van der Waals surface area contributed by atoms with Crippen LogP contribution < -0.4 is 5.32 Å². The number of carbonyl (C=O) groups is 2. The van der Waals surface area contributed by atoms with Crippen LogP contribution in [0.5, 0.6) is 0 Å². The van der Waals surface area contributed by atoms with Crippen LogP contribution in [0.15, 0.2) is 60.7 Å². The molecular weight excluding hydrogens is 286 g/mol. The molecule has 0 radical (unpaired) electrons. The Labute approximate surface area is 127 Å². The van der Waals surface area contributed by atoms with Gasteiger partial charge >= 0.3 is 0 Å². The van der Waals surface area contributed by atoms with Crippen LogP contribution in [0.2, 0.25) is 5.02 Å². The maximum atomic E-state index is 12.3. The number of rotatable bonds is 2. The Morgan fingerprint density at radius 3 is 2.29 bits per heavy atom. The lowest BCUT2D eigenvalue weighted by Crippen LogP contribution is -2.38. The lowest BCUT2D eigenvalue weighted by atomic mass is 9.84. The molecule has 1 N–H and O–H groups in total. The van der Waals surface area contributed by atoms with Gasteiger partial charge in [-0.15, -0.1) is 0 Å². The number of carbonyl (C=O) groups excluding carboxylic acids is 2. The van der Waals surface area contributed by atoms with E-state index in [1.807, 2.05) is 42.5 Å². The molecule has 2 aromatic rings. The minimum Gasteiger partial charge on any atom is -0.292 e. The molecule has 104 valence electrons. The summed E-state index contributed by atoms with van der Waals surface area (Å²) in [6.07, 6.45) is 1.46. The summed E-state index contributed by atoms with van der Waals surface area (Å²) in [4.78, 5) is 24.0. The van der Waals surface area contributed by atoms with Crippen molar-refractivity contribution in [3.05, 3.63) is 76.8 Å². The molecule has 2 amide bonds. The van der Waals surface area contributed by atoms with Gasteiger partial charge in [0.05, 0.1) is 5.92 Å². The van der Waals surface area contributed by atoms with Crippen molar-refractivity contribution in [1.82, 2.24) is 5.32 Å². The second kappa shape index (κ2) is 5.54. The highest BCUT2D eigenvalue weighted by Crippen LogP contribution is 2.37. The van der Waals surface area contributed by atoms with E-state index in [1.165, 1.54) is 6.08 Å². The first-order valence-electron chi connectivity index (χ1n) is 6.53. The van der Waals surface area contributed by atoms with Gasteiger partial charge < -0.3 is 0 Å². The average Bonchev–Trinajstić information content (AvgIpc) is 2.49. The van der Waals surface area contributed by atoms with Gasteiger partial charge in [0.15, 0.2) is 0 Å². The molecule has 1 atom stereocenters. The van der Waals surface area contributed by atoms with Crippen molar-refractivity contribution in [3.63, 3.8) is 0 Å². The standard InChI is InChI=1S/C17H12ClNO2/c18-14-9-5-4-8-12(14)16-13(10-15(20)19-17(16)21)11-6-2-1-3-7-11/h1-10,16H,(H,19,20,21). The molecule has 1 unspecified atom stereocenters. The highest BCUT2D eigenvalue weighted by Gasteiger charge is 2.32. The molecule has 0 fully saturated rings. The van der Waals surface area contributed by atoms with Crippen LogP contribution in [0.4, 0.5) is 0 Å². The maximum absolute atomic E-state index is 12.3. The predicted octanol–water partition coefficient (Wildman–Crippen LogP) is 3.16. The molecule has 0 saturated heterocycles. The zero-order chi connectivity index (χ0) is 14.8. The molecule has 3 rings (SSSR count). The SMILES string of the molecule is O=C1C=C(c2ccccc2)C(c2ccccc2Cl)C(=O)N1. The third-order valence-electron chi connectivity index (χ3n) is 3.43. The van der Waals surface area contributed by atoms with Crippen LogP contribution in [0.1, 0.15) is 17.0 Å². The maximum Gasteiger partial charge on any atom is 0.250 e. The topological polar surface area (TPSA) is 46.2 Å². The minimum absolute atomic E-state index is 0.352. The van der Waals surface area contributed by atoms with Crippen molar-refractivity contribution in [2.24, 2.45) is 0 Å². The van der Waals surface area contributed by atoms with Crippen LogP contribution in [0, 0.1) is 0 Å². The number of imide groups is 1. The summed E-state index contributed by atoms with van der Waals surface area (Å²) in [6, 6.07) is 16.6. The molecular formula is C17H12ClNO2. The summed E-state index contributed by atoms with van der Waals surface area (Å²) in [5.41, 5.74) is 2.20. The zero-order valence-corrected chi connectivity index (χ0v) is 11.8. The lowest BCUT2D eigenvalue weighted by Gasteiger charge is -2.24. The molecule has 0 aromatic heterocycles. The van der Waals surface area contributed by atoms with Gasteiger partial charge in [0.2, 0.25) is 5.91 Å². The summed E-state index contributed by atoms with van der Waals surface area (Å²) in [5.74, 6) is -1.34. The van der Waals surface area contributed by atoms with E-state index in [9.17, 15) is 9.59 Å². The number of benzene rings is 2. The Bertz CT molecular complexity index is 737. The molecule has 1 heterocycles. The van der Waals surface area contributed by atoms with Crippen molar-refractivity contribution in [2.75, 3.05) is 0 Å². The fourth-order valence-electron chi connectivity index (χ4n) is 2.49. The Morgan fingerprint density at radius 1 is 0.905 bits per heavy atom. The highest BCUT2D eigenvalue weighted by molar-refractivity contribution is 6.32. The third-order valence-corrected chi connectivity index (χ3v) is 3.77. The van der Waals surface area contributed by atoms with E-state index in [-0.39, 0.29) is 5.91 Å². The van der Waals surface area contributed by atoms with Crippen molar-refractivity contribution >= 4 is 29.0 Å². The zero-order valence-electron chi connectivity index (χ0n) is 11.0. The van der Waals surface area contributed by atoms with Gasteiger partial charge in [0.1, 0.15) is 0 Å². The molecule has 2 aromatic carbocycles. The van der Waals surface area contributed by atoms with Gasteiger partial charge in [-0.3, -0.25) is 14.9 Å². The Morgan fingerprint density at radius 2 is 1.57 bits per heavy atom. The van der Waals surface area contributed by atoms with E-state index in [0.717, 1.165) is 5.56 Å². The molecule has 0 saturated carbocycles. The van der Waals surface area contributed by atoms with Crippen molar-refractivity contribution in [3.8, 4) is 0 Å². The van der Waals surface area contributed by atoms with E-state index in [1.54, 1.807) is 12.1 Å². The fraction of sp³-hybridized carbons (Fsp3) is 0.0588. The molecule has 4 heteroatoms. The van der Waals surface area contributed by atoms with Crippen molar-refractivity contribution in [2.45, 2.75) is 5.92 Å². The van der Waals surface area contributed by atoms with Crippen LogP contribution in [0.3, 0.4) is 0 Å². The van der Waals surface area contributed by atoms with Gasteiger partial charge in [0, 0.05) is 11.1 Å². The fourth-order valence-corrected chi connectivity index (χ4v) is 2.74. The number of nitrogens with one attached hydrogen (secondary N) is 1. The van der Waals surface area contributed by atoms with E-state index < -0.39 is 11.8 Å². The smallest absolute Gasteiger partial charge is 0.250 e. The first kappa shape index (κ1) is 13.6. The van der Waals surface area contributed by atoms with Crippen molar-refractivity contribution < 1.29 is 9.59 Å². The molecule has 21 heavy (non-hydrogen) atoms. The van der Waals surface area contributed by atoms with Gasteiger partial charge in [-0.05, 0) is 22.8 Å². The monoisotopic (exact) mass is 297 g/mol. The van der Waals surface area contributed by atoms with Gasteiger partial charge in [-0.1, -0.05) is 60.1 Å². The second-order valence-corrected chi connectivity index (χ2v) is 5.18. The van der Waals surface area contributed by atoms with Gasteiger partial charge in [-0.25, -0.2) is 0 Å². The predicted molar refractivity (Wildman–Crippen MR) is 81.8 cm³/mol. The van der Waals surface area contributed by atoms with Crippen LogP contribution >= 0.6 is 11.6 Å². The summed E-state index contributed by atoms with van der Waals surface area (Å²) >= 11 is 6.22. The van der Waals surface area contributed by atoms with Crippen LogP contribution in [-0.4, -0.2) is 11.8 Å². The number of hydrogen-bond acceptors (Lipinski definition) is 2. The average molecular weight is 298 g/mol. The lowest BCUT2D eigenvalue weighted by molar-refractivity contribution is -0.128. The van der Waals surface area contributed by atoms with E-state index >= 15 is 0 Å². The van der Waals surface area contributed by atoms with Gasteiger partial charge in [0.25, 0.3) is 5.91 Å². The first-order chi connectivity index (χ1) is 10.2. The van der Waals surface area contributed by atoms with Crippen LogP contribution in [0.25, 0.3) is 5.57 Å². The first-order valence-corrected chi connectivity index (χ1v) is 6.91.